The predicted octanol–water partition coefficient (Wildman–Crippen LogP) is 4.61. The second-order valence-corrected chi connectivity index (χ2v) is 8.69. The van der Waals surface area contributed by atoms with Gasteiger partial charge in [-0.15, -0.1) is 0 Å². The molecule has 36 heavy (non-hydrogen) atoms. The van der Waals surface area contributed by atoms with Crippen LogP contribution in [0.25, 0.3) is 11.0 Å². The molecule has 3 aromatic heterocycles. The third-order valence-corrected chi connectivity index (χ3v) is 6.53. The van der Waals surface area contributed by atoms with Crippen LogP contribution >= 0.6 is 0 Å². The summed E-state index contributed by atoms with van der Waals surface area (Å²) in [6.45, 7) is 5.42. The fourth-order valence-electron chi connectivity index (χ4n) is 4.64. The number of rotatable bonds is 8. The average Bonchev–Trinajstić information content (AvgIpc) is 3.38. The van der Waals surface area contributed by atoms with E-state index >= 15 is 0 Å². The Hall–Kier alpha value is -4.40. The third kappa shape index (κ3) is 4.86. The highest BCUT2D eigenvalue weighted by Crippen LogP contribution is 2.37. The van der Waals surface area contributed by atoms with Gasteiger partial charge in [0.2, 0.25) is 5.91 Å². The Bertz CT molecular complexity index is 1360. The second kappa shape index (κ2) is 10.5. The first kappa shape index (κ1) is 23.3. The van der Waals surface area contributed by atoms with Crippen molar-refractivity contribution in [3.05, 3.63) is 79.0 Å². The molecule has 1 fully saturated rings. The number of amides is 1. The quantitative estimate of drug-likeness (QED) is 0.314. The van der Waals surface area contributed by atoms with Crippen LogP contribution in [0.1, 0.15) is 30.0 Å². The molecule has 4 heterocycles. The molecule has 3 N–H and O–H groups in total. The van der Waals surface area contributed by atoms with Gasteiger partial charge in [-0.3, -0.25) is 9.78 Å². The number of likely N-dealkylation sites (tertiary alicyclic amines) is 1. The van der Waals surface area contributed by atoms with Gasteiger partial charge in [0.25, 0.3) is 0 Å². The van der Waals surface area contributed by atoms with Crippen molar-refractivity contribution >= 4 is 34.1 Å². The number of nitrogens with one attached hydrogen (secondary N) is 3. The van der Waals surface area contributed by atoms with Crippen molar-refractivity contribution < 1.29 is 9.53 Å². The fourth-order valence-corrected chi connectivity index (χ4v) is 4.64. The molecule has 0 aliphatic carbocycles. The molecule has 1 aromatic carbocycles. The average molecular weight is 484 g/mol. The second-order valence-electron chi connectivity index (χ2n) is 8.69. The molecule has 1 amide bonds. The predicted molar refractivity (Wildman–Crippen MR) is 140 cm³/mol. The first-order valence-corrected chi connectivity index (χ1v) is 12.0. The molecule has 5 rings (SSSR count). The summed E-state index contributed by atoms with van der Waals surface area (Å²) in [5, 5.41) is 7.65. The van der Waals surface area contributed by atoms with Crippen LogP contribution in [0.2, 0.25) is 0 Å². The van der Waals surface area contributed by atoms with Gasteiger partial charge in [-0.25, -0.2) is 9.97 Å². The Morgan fingerprint density at radius 1 is 1.22 bits per heavy atom. The molecule has 0 unspecified atom stereocenters. The van der Waals surface area contributed by atoms with E-state index in [1.54, 1.807) is 12.5 Å². The van der Waals surface area contributed by atoms with Gasteiger partial charge in [-0.2, -0.15) is 0 Å². The van der Waals surface area contributed by atoms with Crippen LogP contribution < -0.4 is 15.4 Å². The summed E-state index contributed by atoms with van der Waals surface area (Å²) in [4.78, 5) is 30.4. The van der Waals surface area contributed by atoms with Crippen molar-refractivity contribution in [3.8, 4) is 5.75 Å². The van der Waals surface area contributed by atoms with E-state index in [1.165, 1.54) is 11.6 Å². The topological polar surface area (TPSA) is 108 Å². The summed E-state index contributed by atoms with van der Waals surface area (Å²) in [5.41, 5.74) is 4.56. The zero-order valence-corrected chi connectivity index (χ0v) is 20.2. The minimum Gasteiger partial charge on any atom is -0.485 e. The van der Waals surface area contributed by atoms with Crippen LogP contribution in [0, 0.1) is 0 Å². The lowest BCUT2D eigenvalue weighted by Gasteiger charge is -2.31. The third-order valence-electron chi connectivity index (χ3n) is 6.53. The molecule has 0 bridgehead atoms. The number of aromatic amines is 1. The number of carbonyl (C=O) groups excluding carboxylic acids is 1. The van der Waals surface area contributed by atoms with E-state index in [0.29, 0.717) is 25.6 Å². The number of anilines is 3. The molecule has 9 heteroatoms. The zero-order chi connectivity index (χ0) is 24.9. The molecule has 0 atom stereocenters. The minimum absolute atomic E-state index is 0.00846. The molecule has 0 radical (unpaired) electrons. The van der Waals surface area contributed by atoms with Gasteiger partial charge in [0.15, 0.2) is 0 Å². The summed E-state index contributed by atoms with van der Waals surface area (Å²) in [6.07, 6.45) is 8.48. The lowest BCUT2D eigenvalue weighted by molar-refractivity contribution is -0.127. The smallest absolute Gasteiger partial charge is 0.245 e. The Balaban J connectivity index is 1.35. The highest BCUT2D eigenvalue weighted by atomic mass is 16.5. The maximum Gasteiger partial charge on any atom is 0.245 e. The number of aromatic nitrogens is 4. The molecule has 1 aliphatic rings. The molecule has 1 aliphatic heterocycles. The molecule has 9 nitrogen and oxygen atoms in total. The first-order chi connectivity index (χ1) is 17.7. The Labute approximate surface area is 209 Å². The van der Waals surface area contributed by atoms with E-state index in [9.17, 15) is 4.79 Å². The van der Waals surface area contributed by atoms with E-state index in [0.717, 1.165) is 52.5 Å². The van der Waals surface area contributed by atoms with Crippen molar-refractivity contribution in [2.24, 2.45) is 0 Å². The maximum atomic E-state index is 12.0. The van der Waals surface area contributed by atoms with Crippen molar-refractivity contribution in [2.75, 3.05) is 30.8 Å². The maximum absolute atomic E-state index is 12.0. The highest BCUT2D eigenvalue weighted by molar-refractivity contribution is 5.93. The summed E-state index contributed by atoms with van der Waals surface area (Å²) in [7, 11) is 1.86. The Morgan fingerprint density at radius 2 is 2.08 bits per heavy atom. The van der Waals surface area contributed by atoms with Gasteiger partial charge in [-0.1, -0.05) is 12.6 Å². The van der Waals surface area contributed by atoms with E-state index in [4.69, 9.17) is 4.74 Å². The van der Waals surface area contributed by atoms with Crippen LogP contribution in [0.15, 0.2) is 67.8 Å². The molecule has 0 saturated carbocycles. The molecule has 1 saturated heterocycles. The van der Waals surface area contributed by atoms with Gasteiger partial charge in [0.05, 0.1) is 16.8 Å². The van der Waals surface area contributed by atoms with Crippen molar-refractivity contribution in [1.29, 1.82) is 0 Å². The van der Waals surface area contributed by atoms with Crippen LogP contribution in [0.3, 0.4) is 0 Å². The van der Waals surface area contributed by atoms with Crippen LogP contribution in [-0.2, 0) is 11.4 Å². The first-order valence-electron chi connectivity index (χ1n) is 12.0. The van der Waals surface area contributed by atoms with Crippen molar-refractivity contribution in [2.45, 2.75) is 25.4 Å². The molecular formula is C27H29N7O2. The fraction of sp³-hybridized carbons (Fsp3) is 0.259. The zero-order valence-electron chi connectivity index (χ0n) is 20.2. The van der Waals surface area contributed by atoms with E-state index in [-0.39, 0.29) is 5.91 Å². The Morgan fingerprint density at radius 3 is 2.83 bits per heavy atom. The van der Waals surface area contributed by atoms with Gasteiger partial charge in [-0.05, 0) is 60.7 Å². The number of pyridine rings is 1. The molecule has 0 spiro atoms. The van der Waals surface area contributed by atoms with Gasteiger partial charge < -0.3 is 25.3 Å². The number of nitrogens with zero attached hydrogens (tertiary/aromatic N) is 4. The minimum atomic E-state index is -0.00846. The van der Waals surface area contributed by atoms with Gasteiger partial charge in [0.1, 0.15) is 30.1 Å². The standard InChI is InChI=1S/C27H29N7O2/c1-3-24(35)34-12-9-18(10-13-34)21-15-30-26-25(21)27(32-17-31-26)33-19-7-8-23(22(14-19)28-2)36-16-20-6-4-5-11-29-20/h3-8,11,14-15,17-18,28H,1,9-10,12-13,16H2,2H3,(H2,30,31,32,33). The summed E-state index contributed by atoms with van der Waals surface area (Å²) in [6, 6.07) is 11.7. The molecule has 184 valence electrons. The molecule has 4 aromatic rings. The van der Waals surface area contributed by atoms with Gasteiger partial charge >= 0.3 is 0 Å². The van der Waals surface area contributed by atoms with E-state index < -0.39 is 0 Å². The highest BCUT2D eigenvalue weighted by Gasteiger charge is 2.26. The van der Waals surface area contributed by atoms with Crippen molar-refractivity contribution in [1.82, 2.24) is 24.8 Å². The van der Waals surface area contributed by atoms with E-state index in [2.05, 4.69) is 37.1 Å². The molecular weight excluding hydrogens is 454 g/mol. The monoisotopic (exact) mass is 483 g/mol. The number of ether oxygens (including phenoxy) is 1. The number of H-pyrrole nitrogens is 1. The Kier molecular flexibility index (Phi) is 6.79. The number of carbonyl (C=O) groups is 1. The van der Waals surface area contributed by atoms with E-state index in [1.807, 2.05) is 54.5 Å². The summed E-state index contributed by atoms with van der Waals surface area (Å²) < 4.78 is 5.99. The normalized spacial score (nSPS) is 14.0. The summed E-state index contributed by atoms with van der Waals surface area (Å²) in [5.74, 6) is 1.79. The van der Waals surface area contributed by atoms with Gasteiger partial charge in [0, 0.05) is 38.2 Å². The van der Waals surface area contributed by atoms with Crippen molar-refractivity contribution in [3.63, 3.8) is 0 Å². The van der Waals surface area contributed by atoms with Crippen LogP contribution in [-0.4, -0.2) is 50.9 Å². The SMILES string of the molecule is C=CC(=O)N1CCC(c2c[nH]c3ncnc(Nc4ccc(OCc5ccccn5)c(NC)c4)c23)CC1. The lowest BCUT2D eigenvalue weighted by Crippen LogP contribution is -2.36. The van der Waals surface area contributed by atoms with Crippen LogP contribution in [0.4, 0.5) is 17.2 Å². The number of hydrogen-bond acceptors (Lipinski definition) is 7. The number of fused-ring (bicyclic) bond motifs is 1. The summed E-state index contributed by atoms with van der Waals surface area (Å²) >= 11 is 0. The lowest BCUT2D eigenvalue weighted by atomic mass is 9.89. The number of benzene rings is 1. The largest absolute Gasteiger partial charge is 0.485 e. The number of piperidine rings is 1. The van der Waals surface area contributed by atoms with Crippen LogP contribution in [0.5, 0.6) is 5.75 Å². The number of hydrogen-bond donors (Lipinski definition) is 3.